The maximum atomic E-state index is 13.8. The van der Waals surface area contributed by atoms with Gasteiger partial charge in [0.15, 0.2) is 17.5 Å². The Morgan fingerprint density at radius 2 is 1.81 bits per heavy atom. The molecule has 1 aliphatic rings. The lowest BCUT2D eigenvalue weighted by molar-refractivity contribution is 0.0732. The molecule has 2 aromatic carbocycles. The SMILES string of the molecule is Cc1ccnc2ccc(C(=O)N3CCc4c(nn(C)c4-c4cc(F)c(F)c(F)c4)C3)cc12. The smallest absolute Gasteiger partial charge is 0.254 e. The van der Waals surface area contributed by atoms with Gasteiger partial charge in [-0.1, -0.05) is 0 Å². The van der Waals surface area contributed by atoms with Gasteiger partial charge in [-0.05, 0) is 55.3 Å². The molecule has 4 aromatic rings. The fourth-order valence-electron chi connectivity index (χ4n) is 4.35. The van der Waals surface area contributed by atoms with Crippen LogP contribution < -0.4 is 0 Å². The molecule has 0 unspecified atom stereocenters. The first-order valence-electron chi connectivity index (χ1n) is 10.2. The van der Waals surface area contributed by atoms with Gasteiger partial charge in [-0.3, -0.25) is 14.5 Å². The van der Waals surface area contributed by atoms with Crippen molar-refractivity contribution in [2.24, 2.45) is 7.05 Å². The third-order valence-corrected chi connectivity index (χ3v) is 5.95. The van der Waals surface area contributed by atoms with E-state index in [0.29, 0.717) is 29.9 Å². The van der Waals surface area contributed by atoms with Crippen molar-refractivity contribution < 1.29 is 18.0 Å². The Bertz CT molecular complexity index is 1370. The summed E-state index contributed by atoms with van der Waals surface area (Å²) in [4.78, 5) is 19.2. The van der Waals surface area contributed by atoms with Crippen molar-refractivity contribution in [3.8, 4) is 11.3 Å². The number of carbonyl (C=O) groups is 1. The van der Waals surface area contributed by atoms with Crippen LogP contribution in [0.25, 0.3) is 22.2 Å². The molecule has 3 heterocycles. The van der Waals surface area contributed by atoms with Crippen molar-refractivity contribution in [2.45, 2.75) is 19.9 Å². The Morgan fingerprint density at radius 1 is 1.06 bits per heavy atom. The van der Waals surface area contributed by atoms with E-state index in [1.165, 1.54) is 4.68 Å². The minimum atomic E-state index is -1.50. The summed E-state index contributed by atoms with van der Waals surface area (Å²) in [5.74, 6) is -4.11. The number of fused-ring (bicyclic) bond motifs is 2. The van der Waals surface area contributed by atoms with E-state index >= 15 is 0 Å². The second-order valence-electron chi connectivity index (χ2n) is 7.99. The highest BCUT2D eigenvalue weighted by Gasteiger charge is 2.28. The van der Waals surface area contributed by atoms with Crippen LogP contribution in [0.5, 0.6) is 0 Å². The molecule has 1 amide bonds. The molecule has 0 fully saturated rings. The van der Waals surface area contributed by atoms with Gasteiger partial charge in [0.05, 0.1) is 23.4 Å². The van der Waals surface area contributed by atoms with Crippen LogP contribution in [0, 0.1) is 24.4 Å². The molecule has 162 valence electrons. The van der Waals surface area contributed by atoms with Crippen molar-refractivity contribution in [2.75, 3.05) is 6.54 Å². The van der Waals surface area contributed by atoms with Crippen molar-refractivity contribution in [1.82, 2.24) is 19.7 Å². The summed E-state index contributed by atoms with van der Waals surface area (Å²) in [7, 11) is 1.66. The first-order valence-corrected chi connectivity index (χ1v) is 10.2. The van der Waals surface area contributed by atoms with Crippen LogP contribution >= 0.6 is 0 Å². The molecule has 0 saturated heterocycles. The third kappa shape index (κ3) is 3.23. The highest BCUT2D eigenvalue weighted by atomic mass is 19.2. The number of aromatic nitrogens is 3. The van der Waals surface area contributed by atoms with E-state index in [2.05, 4.69) is 10.1 Å². The fourth-order valence-corrected chi connectivity index (χ4v) is 4.35. The van der Waals surface area contributed by atoms with E-state index in [9.17, 15) is 18.0 Å². The predicted octanol–water partition coefficient (Wildman–Crippen LogP) is 4.56. The zero-order chi connectivity index (χ0) is 22.6. The molecule has 0 N–H and O–H groups in total. The van der Waals surface area contributed by atoms with Crippen molar-refractivity contribution in [3.63, 3.8) is 0 Å². The van der Waals surface area contributed by atoms with Crippen LogP contribution in [0.3, 0.4) is 0 Å². The van der Waals surface area contributed by atoms with E-state index < -0.39 is 17.5 Å². The molecule has 8 heteroatoms. The zero-order valence-corrected chi connectivity index (χ0v) is 17.5. The molecule has 0 aliphatic carbocycles. The minimum absolute atomic E-state index is 0.119. The average molecular weight is 436 g/mol. The Balaban J connectivity index is 1.47. The van der Waals surface area contributed by atoms with E-state index in [1.807, 2.05) is 25.1 Å². The number of benzene rings is 2. The van der Waals surface area contributed by atoms with Gasteiger partial charge in [0.1, 0.15) is 0 Å². The largest absolute Gasteiger partial charge is 0.332 e. The molecule has 0 bridgehead atoms. The monoisotopic (exact) mass is 436 g/mol. The Labute approximate surface area is 182 Å². The van der Waals surface area contributed by atoms with Crippen LogP contribution in [-0.2, 0) is 20.0 Å². The van der Waals surface area contributed by atoms with Crippen LogP contribution in [0.15, 0.2) is 42.6 Å². The van der Waals surface area contributed by atoms with Crippen LogP contribution in [-0.4, -0.2) is 32.1 Å². The van der Waals surface area contributed by atoms with Crippen molar-refractivity contribution >= 4 is 16.8 Å². The van der Waals surface area contributed by atoms with Gasteiger partial charge in [-0.15, -0.1) is 0 Å². The maximum absolute atomic E-state index is 13.8. The number of hydrogen-bond donors (Lipinski definition) is 0. The van der Waals surface area contributed by atoms with Crippen LogP contribution in [0.4, 0.5) is 13.2 Å². The van der Waals surface area contributed by atoms with Gasteiger partial charge < -0.3 is 4.90 Å². The number of pyridine rings is 1. The topological polar surface area (TPSA) is 51.0 Å². The molecule has 5 rings (SSSR count). The first kappa shape index (κ1) is 20.2. The summed E-state index contributed by atoms with van der Waals surface area (Å²) < 4.78 is 42.5. The Hall–Kier alpha value is -3.68. The maximum Gasteiger partial charge on any atom is 0.254 e. The summed E-state index contributed by atoms with van der Waals surface area (Å²) in [6.07, 6.45) is 2.21. The number of carbonyl (C=O) groups excluding carboxylic acids is 1. The number of halogens is 3. The van der Waals surface area contributed by atoms with Gasteiger partial charge in [0.2, 0.25) is 0 Å². The highest BCUT2D eigenvalue weighted by molar-refractivity contribution is 5.98. The fraction of sp³-hybridized carbons (Fsp3) is 0.208. The van der Waals surface area contributed by atoms with Gasteiger partial charge >= 0.3 is 0 Å². The van der Waals surface area contributed by atoms with E-state index in [0.717, 1.165) is 34.2 Å². The lowest BCUT2D eigenvalue weighted by atomic mass is 9.98. The summed E-state index contributed by atoms with van der Waals surface area (Å²) in [6.45, 7) is 2.68. The Morgan fingerprint density at radius 3 is 2.56 bits per heavy atom. The Kier molecular flexibility index (Phi) is 4.73. The zero-order valence-electron chi connectivity index (χ0n) is 17.5. The van der Waals surface area contributed by atoms with Crippen molar-refractivity contribution in [3.05, 3.63) is 82.4 Å². The average Bonchev–Trinajstić information content (AvgIpc) is 3.11. The van der Waals surface area contributed by atoms with Crippen LogP contribution in [0.1, 0.15) is 27.2 Å². The quantitative estimate of drug-likeness (QED) is 0.433. The van der Waals surface area contributed by atoms with E-state index in [-0.39, 0.29) is 18.0 Å². The summed E-state index contributed by atoms with van der Waals surface area (Å²) in [5.41, 5.74) is 4.64. The molecule has 0 saturated carbocycles. The number of hydrogen-bond acceptors (Lipinski definition) is 3. The number of rotatable bonds is 2. The molecule has 0 radical (unpaired) electrons. The predicted molar refractivity (Wildman–Crippen MR) is 113 cm³/mol. The number of amides is 1. The van der Waals surface area contributed by atoms with Gasteiger partial charge in [0, 0.05) is 41.9 Å². The second kappa shape index (κ2) is 7.47. The third-order valence-electron chi connectivity index (χ3n) is 5.95. The standard InChI is InChI=1S/C24H19F3N4O/c1-13-5-7-28-20-4-3-14(9-17(13)20)24(32)31-8-6-16-21(12-31)29-30(2)23(16)15-10-18(25)22(27)19(26)11-15/h3-5,7,9-11H,6,8,12H2,1-2H3. The van der Waals surface area contributed by atoms with Gasteiger partial charge in [-0.2, -0.15) is 5.10 Å². The molecule has 32 heavy (non-hydrogen) atoms. The molecular weight excluding hydrogens is 417 g/mol. The van der Waals surface area contributed by atoms with E-state index in [1.54, 1.807) is 24.2 Å². The summed E-state index contributed by atoms with van der Waals surface area (Å²) in [6, 6.07) is 9.29. The molecule has 2 aromatic heterocycles. The molecular formula is C24H19F3N4O. The number of nitrogens with zero attached hydrogens (tertiary/aromatic N) is 4. The number of aryl methyl sites for hydroxylation is 2. The normalized spacial score (nSPS) is 13.5. The molecule has 1 aliphatic heterocycles. The lowest BCUT2D eigenvalue weighted by Crippen LogP contribution is -2.36. The molecule has 5 nitrogen and oxygen atoms in total. The minimum Gasteiger partial charge on any atom is -0.332 e. The summed E-state index contributed by atoms with van der Waals surface area (Å²) in [5, 5.41) is 5.40. The van der Waals surface area contributed by atoms with Gasteiger partial charge in [-0.25, -0.2) is 13.2 Å². The first-order chi connectivity index (χ1) is 15.3. The highest BCUT2D eigenvalue weighted by Crippen LogP contribution is 2.32. The lowest BCUT2D eigenvalue weighted by Gasteiger charge is -2.27. The summed E-state index contributed by atoms with van der Waals surface area (Å²) >= 11 is 0. The van der Waals surface area contributed by atoms with Gasteiger partial charge in [0.25, 0.3) is 5.91 Å². The molecule has 0 atom stereocenters. The van der Waals surface area contributed by atoms with Crippen molar-refractivity contribution in [1.29, 1.82) is 0 Å². The molecule has 0 spiro atoms. The van der Waals surface area contributed by atoms with E-state index in [4.69, 9.17) is 0 Å². The second-order valence-corrected chi connectivity index (χ2v) is 7.99. The van der Waals surface area contributed by atoms with Crippen LogP contribution in [0.2, 0.25) is 0 Å².